The van der Waals surface area contributed by atoms with E-state index in [0.29, 0.717) is 10.8 Å². The van der Waals surface area contributed by atoms with Crippen molar-refractivity contribution in [3.8, 4) is 11.5 Å². The second-order valence-corrected chi connectivity index (χ2v) is 5.65. The predicted octanol–water partition coefficient (Wildman–Crippen LogP) is 5.85. The van der Waals surface area contributed by atoms with Crippen molar-refractivity contribution < 1.29 is 23.0 Å². The Labute approximate surface area is 147 Å². The molecule has 26 heavy (non-hydrogen) atoms. The van der Waals surface area contributed by atoms with Gasteiger partial charge in [0.2, 0.25) is 0 Å². The van der Waals surface area contributed by atoms with Gasteiger partial charge in [0.1, 0.15) is 17.4 Å². The Bertz CT molecular complexity index is 1060. The maximum Gasteiger partial charge on any atom is 0.519 e. The van der Waals surface area contributed by atoms with Gasteiger partial charge in [-0.2, -0.15) is 0 Å². The first kappa shape index (κ1) is 16.0. The van der Waals surface area contributed by atoms with Crippen molar-refractivity contribution >= 4 is 27.7 Å². The molecule has 0 N–H and O–H groups in total. The Morgan fingerprint density at radius 2 is 1.27 bits per heavy atom. The fraction of sp³-hybridized carbons (Fsp3) is 0. The zero-order chi connectivity index (χ0) is 18.1. The van der Waals surface area contributed by atoms with Gasteiger partial charge in [0.25, 0.3) is 0 Å². The summed E-state index contributed by atoms with van der Waals surface area (Å²) < 4.78 is 39.2. The molecule has 0 bridgehead atoms. The molecule has 0 atom stereocenters. The van der Waals surface area contributed by atoms with E-state index in [9.17, 15) is 13.6 Å². The fourth-order valence-corrected chi connectivity index (χ4v) is 2.88. The zero-order valence-electron chi connectivity index (χ0n) is 13.4. The van der Waals surface area contributed by atoms with Gasteiger partial charge >= 0.3 is 6.16 Å². The van der Waals surface area contributed by atoms with Crippen molar-refractivity contribution in [3.63, 3.8) is 0 Å². The molecule has 4 aromatic carbocycles. The predicted molar refractivity (Wildman–Crippen MR) is 94.5 cm³/mol. The van der Waals surface area contributed by atoms with Crippen molar-refractivity contribution in [2.75, 3.05) is 0 Å². The van der Waals surface area contributed by atoms with Gasteiger partial charge in [0.15, 0.2) is 5.75 Å². The van der Waals surface area contributed by atoms with E-state index in [-0.39, 0.29) is 22.3 Å². The lowest BCUT2D eigenvalue weighted by atomic mass is 10.0. The van der Waals surface area contributed by atoms with Gasteiger partial charge in [-0.3, -0.25) is 0 Å². The Balaban J connectivity index is 1.87. The molecule has 4 rings (SSSR count). The van der Waals surface area contributed by atoms with Gasteiger partial charge in [-0.1, -0.05) is 42.5 Å². The van der Waals surface area contributed by atoms with Crippen LogP contribution in [0.25, 0.3) is 21.5 Å². The topological polar surface area (TPSA) is 35.5 Å². The molecule has 3 nitrogen and oxygen atoms in total. The average Bonchev–Trinajstić information content (AvgIpc) is 2.62. The molecule has 5 heteroatoms. The smallest absolute Gasteiger partial charge is 0.395 e. The molecule has 128 valence electrons. The molecular weight excluding hydrogens is 338 g/mol. The second-order valence-electron chi connectivity index (χ2n) is 5.65. The van der Waals surface area contributed by atoms with Crippen LogP contribution >= 0.6 is 0 Å². The molecule has 0 heterocycles. The highest BCUT2D eigenvalue weighted by molar-refractivity contribution is 6.06. The van der Waals surface area contributed by atoms with E-state index in [1.54, 1.807) is 48.5 Å². The Morgan fingerprint density at radius 3 is 1.85 bits per heavy atom. The third-order valence-electron chi connectivity index (χ3n) is 3.99. The van der Waals surface area contributed by atoms with Crippen molar-refractivity contribution in [1.82, 2.24) is 0 Å². The molecule has 4 aromatic rings. The lowest BCUT2D eigenvalue weighted by Gasteiger charge is -2.13. The molecule has 0 saturated heterocycles. The van der Waals surface area contributed by atoms with Gasteiger partial charge in [-0.25, -0.2) is 13.6 Å². The van der Waals surface area contributed by atoms with Crippen molar-refractivity contribution in [3.05, 3.63) is 84.4 Å². The fourth-order valence-electron chi connectivity index (χ4n) is 2.88. The molecule has 0 aliphatic carbocycles. The summed E-state index contributed by atoms with van der Waals surface area (Å²) in [6, 6.07) is 18.8. The molecule has 0 spiro atoms. The third kappa shape index (κ3) is 2.84. The molecule has 0 saturated carbocycles. The number of carbonyl (C=O) groups excluding carboxylic acids is 1. The minimum atomic E-state index is -1.07. The number of ether oxygens (including phenoxy) is 2. The normalized spacial score (nSPS) is 10.8. The van der Waals surface area contributed by atoms with E-state index in [1.165, 1.54) is 24.3 Å². The zero-order valence-corrected chi connectivity index (χ0v) is 13.4. The first-order chi connectivity index (χ1) is 12.6. The van der Waals surface area contributed by atoms with Gasteiger partial charge in [0, 0.05) is 0 Å². The number of hydrogen-bond donors (Lipinski definition) is 0. The summed E-state index contributed by atoms with van der Waals surface area (Å²) in [6.45, 7) is 0. The summed E-state index contributed by atoms with van der Waals surface area (Å²) in [5.41, 5.74) is 0. The minimum Gasteiger partial charge on any atom is -0.395 e. The highest BCUT2D eigenvalue weighted by atomic mass is 19.1. The number of hydrogen-bond acceptors (Lipinski definition) is 3. The summed E-state index contributed by atoms with van der Waals surface area (Å²) in [5.74, 6) is -1.16. The van der Waals surface area contributed by atoms with E-state index >= 15 is 0 Å². The van der Waals surface area contributed by atoms with E-state index in [2.05, 4.69) is 0 Å². The summed E-state index contributed by atoms with van der Waals surface area (Å²) >= 11 is 0. The number of carbonyl (C=O) groups is 1. The number of rotatable bonds is 2. The first-order valence-electron chi connectivity index (χ1n) is 7.87. The molecule has 0 unspecified atom stereocenters. The van der Waals surface area contributed by atoms with Gasteiger partial charge < -0.3 is 9.47 Å². The average molecular weight is 350 g/mol. The van der Waals surface area contributed by atoms with Gasteiger partial charge in [-0.05, 0) is 41.1 Å². The summed E-state index contributed by atoms with van der Waals surface area (Å²) in [7, 11) is 0. The molecule has 0 aliphatic rings. The molecule has 0 fully saturated rings. The van der Waals surface area contributed by atoms with Crippen LogP contribution in [0.4, 0.5) is 13.6 Å². The van der Waals surface area contributed by atoms with Crippen LogP contribution in [0.5, 0.6) is 11.5 Å². The van der Waals surface area contributed by atoms with Crippen LogP contribution in [0, 0.1) is 11.6 Å². The van der Waals surface area contributed by atoms with E-state index in [1.807, 2.05) is 0 Å². The Hall–Kier alpha value is -3.47. The molecule has 0 amide bonds. The second kappa shape index (κ2) is 6.44. The first-order valence-corrected chi connectivity index (χ1v) is 7.87. The minimum absolute atomic E-state index is 0.0233. The van der Waals surface area contributed by atoms with Gasteiger partial charge in [0.05, 0.1) is 10.8 Å². The summed E-state index contributed by atoms with van der Waals surface area (Å²) in [5, 5.41) is 1.03. The quantitative estimate of drug-likeness (QED) is 0.258. The van der Waals surface area contributed by atoms with E-state index < -0.39 is 17.8 Å². The van der Waals surface area contributed by atoms with Crippen molar-refractivity contribution in [1.29, 1.82) is 0 Å². The Morgan fingerprint density at radius 1 is 0.692 bits per heavy atom. The SMILES string of the molecule is O=C(Oc1ccccc1)Oc1c2c(F)cccc2cc2cccc(F)c12. The third-order valence-corrected chi connectivity index (χ3v) is 3.99. The molecular formula is C21H12F2O3. The van der Waals surface area contributed by atoms with Crippen LogP contribution in [0.1, 0.15) is 0 Å². The largest absolute Gasteiger partial charge is 0.519 e. The van der Waals surface area contributed by atoms with Crippen LogP contribution in [-0.4, -0.2) is 6.16 Å². The van der Waals surface area contributed by atoms with Crippen LogP contribution in [0.2, 0.25) is 0 Å². The van der Waals surface area contributed by atoms with Crippen LogP contribution in [0.3, 0.4) is 0 Å². The Kier molecular flexibility index (Phi) is 3.97. The maximum absolute atomic E-state index is 14.4. The number of halogens is 2. The van der Waals surface area contributed by atoms with Crippen LogP contribution < -0.4 is 9.47 Å². The highest BCUT2D eigenvalue weighted by Crippen LogP contribution is 2.38. The maximum atomic E-state index is 14.4. The van der Waals surface area contributed by atoms with Gasteiger partial charge in [-0.15, -0.1) is 0 Å². The monoisotopic (exact) mass is 350 g/mol. The van der Waals surface area contributed by atoms with E-state index in [4.69, 9.17) is 9.47 Å². The lowest BCUT2D eigenvalue weighted by Crippen LogP contribution is -2.14. The van der Waals surface area contributed by atoms with Crippen molar-refractivity contribution in [2.24, 2.45) is 0 Å². The molecule has 0 aromatic heterocycles. The van der Waals surface area contributed by atoms with Crippen LogP contribution in [0.15, 0.2) is 72.8 Å². The van der Waals surface area contributed by atoms with Crippen LogP contribution in [-0.2, 0) is 0 Å². The summed E-state index contributed by atoms with van der Waals surface area (Å²) in [4.78, 5) is 12.2. The molecule has 0 radical (unpaired) electrons. The highest BCUT2D eigenvalue weighted by Gasteiger charge is 2.19. The lowest BCUT2D eigenvalue weighted by molar-refractivity contribution is 0.153. The number of benzene rings is 4. The van der Waals surface area contributed by atoms with Crippen molar-refractivity contribution in [2.45, 2.75) is 0 Å². The number of para-hydroxylation sites is 1. The van der Waals surface area contributed by atoms with E-state index in [0.717, 1.165) is 0 Å². The molecule has 0 aliphatic heterocycles. The summed E-state index contributed by atoms with van der Waals surface area (Å²) in [6.07, 6.45) is -1.07. The standard InChI is InChI=1S/C21H12F2O3/c22-16-10-4-6-13-12-14-7-5-11-17(23)19(14)20(18(13)16)26-21(24)25-15-8-2-1-3-9-15/h1-12H. The number of fused-ring (bicyclic) bond motifs is 2.